The van der Waals surface area contributed by atoms with Crippen molar-refractivity contribution in [3.05, 3.63) is 23.8 Å². The topological polar surface area (TPSA) is 59.6 Å². The maximum Gasteiger partial charge on any atom is 0.239 e. The number of rotatable bonds is 7. The Morgan fingerprint density at radius 2 is 1.85 bits per heavy atom. The van der Waals surface area contributed by atoms with Crippen molar-refractivity contribution in [2.75, 3.05) is 20.8 Å². The van der Waals surface area contributed by atoms with E-state index in [1.54, 1.807) is 14.2 Å². The van der Waals surface area contributed by atoms with Gasteiger partial charge in [-0.25, -0.2) is 0 Å². The third kappa shape index (κ3) is 4.13. The van der Waals surface area contributed by atoms with Crippen molar-refractivity contribution >= 4 is 5.91 Å². The van der Waals surface area contributed by atoms with E-state index in [1.807, 2.05) is 39.0 Å². The summed E-state index contributed by atoms with van der Waals surface area (Å²) in [5.41, 5.74) is 0.383. The first-order valence-corrected chi connectivity index (χ1v) is 6.68. The van der Waals surface area contributed by atoms with Gasteiger partial charge in [-0.3, -0.25) is 4.79 Å². The molecule has 0 unspecified atom stereocenters. The predicted molar refractivity (Wildman–Crippen MR) is 79.1 cm³/mol. The predicted octanol–water partition coefficient (Wildman–Crippen LogP) is 1.71. The van der Waals surface area contributed by atoms with Gasteiger partial charge < -0.3 is 20.1 Å². The number of carbonyl (C=O) groups excluding carboxylic acids is 1. The van der Waals surface area contributed by atoms with Crippen molar-refractivity contribution in [3.63, 3.8) is 0 Å². The van der Waals surface area contributed by atoms with Crippen molar-refractivity contribution < 1.29 is 14.3 Å². The van der Waals surface area contributed by atoms with Crippen LogP contribution in [0.15, 0.2) is 18.2 Å². The Bertz CT molecular complexity index is 458. The first-order chi connectivity index (χ1) is 9.44. The molecule has 20 heavy (non-hydrogen) atoms. The van der Waals surface area contributed by atoms with Gasteiger partial charge in [0.2, 0.25) is 5.91 Å². The van der Waals surface area contributed by atoms with Crippen LogP contribution in [0.25, 0.3) is 0 Å². The summed E-state index contributed by atoms with van der Waals surface area (Å²) < 4.78 is 10.4. The molecule has 0 radical (unpaired) electrons. The number of likely N-dealkylation sites (N-methyl/N-ethyl adjacent to an activating group) is 1. The van der Waals surface area contributed by atoms with E-state index in [1.165, 1.54) is 0 Å². The van der Waals surface area contributed by atoms with E-state index in [2.05, 4.69) is 10.6 Å². The molecule has 112 valence electrons. The highest BCUT2D eigenvalue weighted by molar-refractivity contribution is 5.85. The molecule has 0 spiro atoms. The minimum absolute atomic E-state index is 0.0332. The van der Waals surface area contributed by atoms with Crippen LogP contribution in [0.2, 0.25) is 0 Å². The second kappa shape index (κ2) is 7.14. The van der Waals surface area contributed by atoms with E-state index in [9.17, 15) is 4.79 Å². The van der Waals surface area contributed by atoms with Crippen molar-refractivity contribution in [2.24, 2.45) is 0 Å². The molecule has 1 amide bonds. The lowest BCUT2D eigenvalue weighted by Gasteiger charge is -2.24. The third-order valence-electron chi connectivity index (χ3n) is 3.09. The van der Waals surface area contributed by atoms with Gasteiger partial charge in [0.25, 0.3) is 0 Å². The highest BCUT2D eigenvalue weighted by atomic mass is 16.5. The summed E-state index contributed by atoms with van der Waals surface area (Å²) in [6, 6.07) is 5.59. The van der Waals surface area contributed by atoms with Gasteiger partial charge in [-0.2, -0.15) is 0 Å². The Balaban J connectivity index is 2.68. The molecule has 0 saturated heterocycles. The number of carbonyl (C=O) groups is 1. The lowest BCUT2D eigenvalue weighted by Crippen LogP contribution is -2.52. The maximum atomic E-state index is 12.1. The summed E-state index contributed by atoms with van der Waals surface area (Å²) in [7, 11) is 3.19. The molecule has 1 rings (SSSR count). The van der Waals surface area contributed by atoms with Gasteiger partial charge >= 0.3 is 0 Å². The van der Waals surface area contributed by atoms with Crippen LogP contribution in [0.1, 0.15) is 26.3 Å². The average molecular weight is 280 g/mol. The van der Waals surface area contributed by atoms with Gasteiger partial charge in [0, 0.05) is 6.54 Å². The molecule has 0 heterocycles. The number of ether oxygens (including phenoxy) is 2. The summed E-state index contributed by atoms with van der Waals surface area (Å²) in [6.45, 7) is 6.90. The second-order valence-electron chi connectivity index (χ2n) is 5.03. The number of benzene rings is 1. The fourth-order valence-corrected chi connectivity index (χ4v) is 1.92. The quantitative estimate of drug-likeness (QED) is 0.798. The highest BCUT2D eigenvalue weighted by Gasteiger charge is 2.25. The van der Waals surface area contributed by atoms with Crippen LogP contribution < -0.4 is 20.1 Å². The molecule has 5 nitrogen and oxygen atoms in total. The van der Waals surface area contributed by atoms with Gasteiger partial charge in [-0.15, -0.1) is 0 Å². The van der Waals surface area contributed by atoms with Gasteiger partial charge in [0.15, 0.2) is 11.5 Å². The van der Waals surface area contributed by atoms with Crippen LogP contribution >= 0.6 is 0 Å². The maximum absolute atomic E-state index is 12.1. The Labute approximate surface area is 120 Å². The van der Waals surface area contributed by atoms with Gasteiger partial charge in [-0.05, 0) is 38.1 Å². The molecular weight excluding hydrogens is 256 g/mol. The summed E-state index contributed by atoms with van der Waals surface area (Å²) in [6.07, 6.45) is 0. The van der Waals surface area contributed by atoms with Crippen LogP contribution in [0.3, 0.4) is 0 Å². The number of amides is 1. The van der Waals surface area contributed by atoms with Gasteiger partial charge in [0.05, 0.1) is 19.8 Å². The highest BCUT2D eigenvalue weighted by Crippen LogP contribution is 2.27. The zero-order chi connectivity index (χ0) is 15.2. The molecule has 0 bridgehead atoms. The molecule has 5 heteroatoms. The van der Waals surface area contributed by atoms with E-state index < -0.39 is 5.54 Å². The molecule has 0 aliphatic carbocycles. The van der Waals surface area contributed by atoms with Crippen LogP contribution in [0.5, 0.6) is 11.5 Å². The van der Waals surface area contributed by atoms with Gasteiger partial charge in [-0.1, -0.05) is 13.0 Å². The second-order valence-corrected chi connectivity index (χ2v) is 5.03. The third-order valence-corrected chi connectivity index (χ3v) is 3.09. The zero-order valence-corrected chi connectivity index (χ0v) is 12.9. The Hall–Kier alpha value is -1.75. The number of methoxy groups -OCH3 is 2. The Morgan fingerprint density at radius 3 is 2.40 bits per heavy atom. The molecule has 0 saturated carbocycles. The SMILES string of the molecule is CCNC(C)(C)C(=O)NCc1ccc(OC)c(OC)c1. The normalized spacial score (nSPS) is 11.1. The molecule has 0 atom stereocenters. The van der Waals surface area contributed by atoms with Gasteiger partial charge in [0.1, 0.15) is 0 Å². The number of nitrogens with one attached hydrogen (secondary N) is 2. The van der Waals surface area contributed by atoms with Crippen molar-refractivity contribution in [1.29, 1.82) is 0 Å². The molecule has 0 aromatic heterocycles. The monoisotopic (exact) mass is 280 g/mol. The average Bonchev–Trinajstić information content (AvgIpc) is 2.44. The number of hydrogen-bond acceptors (Lipinski definition) is 4. The van der Waals surface area contributed by atoms with E-state index in [0.717, 1.165) is 12.1 Å². The largest absolute Gasteiger partial charge is 0.493 e. The molecule has 0 aliphatic heterocycles. The minimum atomic E-state index is -0.578. The lowest BCUT2D eigenvalue weighted by atomic mass is 10.0. The van der Waals surface area contributed by atoms with Crippen molar-refractivity contribution in [2.45, 2.75) is 32.9 Å². The summed E-state index contributed by atoms with van der Waals surface area (Å²) in [4.78, 5) is 12.1. The Kier molecular flexibility index (Phi) is 5.82. The van der Waals surface area contributed by atoms with E-state index in [4.69, 9.17) is 9.47 Å². The van der Waals surface area contributed by atoms with Crippen LogP contribution in [0.4, 0.5) is 0 Å². The van der Waals surface area contributed by atoms with Crippen LogP contribution in [-0.4, -0.2) is 32.2 Å². The summed E-state index contributed by atoms with van der Waals surface area (Å²) in [5, 5.41) is 6.06. The Morgan fingerprint density at radius 1 is 1.20 bits per heavy atom. The summed E-state index contributed by atoms with van der Waals surface area (Å²) >= 11 is 0. The first-order valence-electron chi connectivity index (χ1n) is 6.68. The lowest BCUT2D eigenvalue weighted by molar-refractivity contribution is -0.126. The molecule has 0 aliphatic rings. The molecular formula is C15H24N2O3. The van der Waals surface area contributed by atoms with Crippen LogP contribution in [-0.2, 0) is 11.3 Å². The van der Waals surface area contributed by atoms with Crippen molar-refractivity contribution in [1.82, 2.24) is 10.6 Å². The molecule has 0 fully saturated rings. The van der Waals surface area contributed by atoms with Crippen molar-refractivity contribution in [3.8, 4) is 11.5 Å². The molecule has 1 aromatic rings. The zero-order valence-electron chi connectivity index (χ0n) is 12.9. The van der Waals surface area contributed by atoms with E-state index in [-0.39, 0.29) is 5.91 Å². The first kappa shape index (κ1) is 16.3. The van der Waals surface area contributed by atoms with E-state index >= 15 is 0 Å². The number of hydrogen-bond donors (Lipinski definition) is 2. The van der Waals surface area contributed by atoms with Crippen LogP contribution in [0, 0.1) is 0 Å². The minimum Gasteiger partial charge on any atom is -0.493 e. The fraction of sp³-hybridized carbons (Fsp3) is 0.533. The summed E-state index contributed by atoms with van der Waals surface area (Å²) in [5.74, 6) is 1.30. The molecule has 2 N–H and O–H groups in total. The smallest absolute Gasteiger partial charge is 0.239 e. The molecule has 1 aromatic carbocycles. The van der Waals surface area contributed by atoms with E-state index in [0.29, 0.717) is 18.0 Å². The standard InChI is InChI=1S/C15H24N2O3/c1-6-17-15(2,3)14(18)16-10-11-7-8-12(19-4)13(9-11)20-5/h7-9,17H,6,10H2,1-5H3,(H,16,18). The fourth-order valence-electron chi connectivity index (χ4n) is 1.92.